The van der Waals surface area contributed by atoms with E-state index in [1.165, 1.54) is 18.6 Å². The molecule has 4 atom stereocenters. The van der Waals surface area contributed by atoms with Crippen LogP contribution >= 0.6 is 0 Å². The van der Waals surface area contributed by atoms with Gasteiger partial charge in [0.1, 0.15) is 6.10 Å². The molecule has 1 aliphatic carbocycles. The summed E-state index contributed by atoms with van der Waals surface area (Å²) >= 11 is 0. The number of oxime groups is 1. The lowest BCUT2D eigenvalue weighted by Gasteiger charge is -2.15. The van der Waals surface area contributed by atoms with Crippen molar-refractivity contribution < 1.29 is 14.4 Å². The van der Waals surface area contributed by atoms with Crippen LogP contribution in [0.1, 0.15) is 52.9 Å². The van der Waals surface area contributed by atoms with Crippen molar-refractivity contribution in [1.82, 2.24) is 0 Å². The molecule has 0 aromatic rings. The van der Waals surface area contributed by atoms with Crippen molar-refractivity contribution in [2.24, 2.45) is 22.9 Å². The third kappa shape index (κ3) is 3.10. The van der Waals surface area contributed by atoms with Crippen LogP contribution in [0, 0.1) is 17.8 Å². The SMILES string of the molecule is CCCCC(C)C1=NOC2CC(C(=O)OCC)CC12. The number of rotatable bonds is 6. The predicted octanol–water partition coefficient (Wildman–Crippen LogP) is 3.16. The molecule has 1 heterocycles. The molecule has 1 fully saturated rings. The lowest BCUT2D eigenvalue weighted by atomic mass is 9.87. The molecule has 1 saturated carbocycles. The Hall–Kier alpha value is -1.06. The fraction of sp³-hybridized carbons (Fsp3) is 0.867. The second kappa shape index (κ2) is 6.40. The number of fused-ring (bicyclic) bond motifs is 1. The van der Waals surface area contributed by atoms with Gasteiger partial charge in [-0.15, -0.1) is 0 Å². The Balaban J connectivity index is 1.92. The third-order valence-corrected chi connectivity index (χ3v) is 4.29. The van der Waals surface area contributed by atoms with Gasteiger partial charge in [0.05, 0.1) is 18.2 Å². The topological polar surface area (TPSA) is 47.9 Å². The van der Waals surface area contributed by atoms with E-state index in [-0.39, 0.29) is 18.0 Å². The van der Waals surface area contributed by atoms with Gasteiger partial charge in [0, 0.05) is 12.3 Å². The van der Waals surface area contributed by atoms with Gasteiger partial charge < -0.3 is 9.57 Å². The van der Waals surface area contributed by atoms with Crippen LogP contribution in [0.5, 0.6) is 0 Å². The fourth-order valence-electron chi connectivity index (χ4n) is 3.19. The second-order valence-electron chi connectivity index (χ2n) is 5.73. The molecule has 1 aliphatic heterocycles. The Kier molecular flexibility index (Phi) is 4.83. The van der Waals surface area contributed by atoms with Crippen molar-refractivity contribution in [2.45, 2.75) is 59.0 Å². The van der Waals surface area contributed by atoms with Crippen LogP contribution in [0.3, 0.4) is 0 Å². The molecule has 0 aromatic heterocycles. The molecule has 0 spiro atoms. The van der Waals surface area contributed by atoms with Gasteiger partial charge in [-0.2, -0.15) is 0 Å². The smallest absolute Gasteiger partial charge is 0.309 e. The molecule has 2 rings (SSSR count). The van der Waals surface area contributed by atoms with E-state index in [0.717, 1.165) is 19.3 Å². The molecule has 0 saturated heterocycles. The average molecular weight is 267 g/mol. The first-order valence-electron chi connectivity index (χ1n) is 7.57. The fourth-order valence-corrected chi connectivity index (χ4v) is 3.19. The standard InChI is InChI=1S/C15H25NO3/c1-4-6-7-10(3)14-12-8-11(15(17)18-5-2)9-13(12)19-16-14/h10-13H,4-9H2,1-3H3. The molecular formula is C15H25NO3. The molecule has 108 valence electrons. The largest absolute Gasteiger partial charge is 0.466 e. The number of carbonyl (C=O) groups is 1. The summed E-state index contributed by atoms with van der Waals surface area (Å²) in [5.41, 5.74) is 1.17. The molecule has 0 bridgehead atoms. The van der Waals surface area contributed by atoms with Crippen LogP contribution in [-0.2, 0) is 14.4 Å². The van der Waals surface area contributed by atoms with Gasteiger partial charge in [0.2, 0.25) is 0 Å². The summed E-state index contributed by atoms with van der Waals surface area (Å²) in [5, 5.41) is 4.28. The van der Waals surface area contributed by atoms with Gasteiger partial charge >= 0.3 is 5.97 Å². The zero-order chi connectivity index (χ0) is 13.8. The Morgan fingerprint density at radius 2 is 2.26 bits per heavy atom. The Morgan fingerprint density at radius 1 is 1.47 bits per heavy atom. The molecule has 19 heavy (non-hydrogen) atoms. The first kappa shape index (κ1) is 14.4. The molecule has 0 aromatic carbocycles. The summed E-state index contributed by atoms with van der Waals surface area (Å²) in [6.45, 7) is 6.73. The van der Waals surface area contributed by atoms with E-state index in [4.69, 9.17) is 9.57 Å². The summed E-state index contributed by atoms with van der Waals surface area (Å²) in [4.78, 5) is 17.3. The van der Waals surface area contributed by atoms with Gasteiger partial charge in [-0.3, -0.25) is 4.79 Å². The molecule has 0 amide bonds. The maximum atomic E-state index is 11.8. The zero-order valence-corrected chi connectivity index (χ0v) is 12.2. The van der Waals surface area contributed by atoms with E-state index in [1.54, 1.807) is 0 Å². The summed E-state index contributed by atoms with van der Waals surface area (Å²) in [6.07, 6.45) is 5.30. The maximum absolute atomic E-state index is 11.8. The summed E-state index contributed by atoms with van der Waals surface area (Å²) in [6, 6.07) is 0. The number of esters is 1. The Labute approximate surface area is 115 Å². The molecule has 4 nitrogen and oxygen atoms in total. The highest BCUT2D eigenvalue weighted by molar-refractivity contribution is 5.91. The molecular weight excluding hydrogens is 242 g/mol. The van der Waals surface area contributed by atoms with Crippen molar-refractivity contribution >= 4 is 11.7 Å². The predicted molar refractivity (Wildman–Crippen MR) is 73.8 cm³/mol. The summed E-state index contributed by atoms with van der Waals surface area (Å²) in [7, 11) is 0. The van der Waals surface area contributed by atoms with E-state index in [2.05, 4.69) is 19.0 Å². The molecule has 4 unspecified atom stereocenters. The molecule has 4 heteroatoms. The van der Waals surface area contributed by atoms with Gasteiger partial charge in [0.15, 0.2) is 0 Å². The summed E-state index contributed by atoms with van der Waals surface area (Å²) < 4.78 is 5.12. The van der Waals surface area contributed by atoms with E-state index in [0.29, 0.717) is 18.4 Å². The van der Waals surface area contributed by atoms with E-state index >= 15 is 0 Å². The van der Waals surface area contributed by atoms with Crippen molar-refractivity contribution in [3.63, 3.8) is 0 Å². The van der Waals surface area contributed by atoms with Crippen molar-refractivity contribution in [3.8, 4) is 0 Å². The van der Waals surface area contributed by atoms with Crippen LogP contribution in [0.25, 0.3) is 0 Å². The van der Waals surface area contributed by atoms with Gasteiger partial charge in [-0.1, -0.05) is 31.8 Å². The minimum Gasteiger partial charge on any atom is -0.466 e. The average Bonchev–Trinajstić information content (AvgIpc) is 2.95. The van der Waals surface area contributed by atoms with Crippen LogP contribution in [0.4, 0.5) is 0 Å². The van der Waals surface area contributed by atoms with Crippen LogP contribution < -0.4 is 0 Å². The molecule has 0 N–H and O–H groups in total. The van der Waals surface area contributed by atoms with E-state index in [1.807, 2.05) is 6.92 Å². The summed E-state index contributed by atoms with van der Waals surface area (Å²) in [5.74, 6) is 0.733. The number of unbranched alkanes of at least 4 members (excludes halogenated alkanes) is 1. The van der Waals surface area contributed by atoms with Crippen molar-refractivity contribution in [1.29, 1.82) is 0 Å². The monoisotopic (exact) mass is 267 g/mol. The quantitative estimate of drug-likeness (QED) is 0.694. The highest BCUT2D eigenvalue weighted by atomic mass is 16.6. The lowest BCUT2D eigenvalue weighted by Crippen LogP contribution is -2.22. The minimum atomic E-state index is -0.0685. The van der Waals surface area contributed by atoms with E-state index in [9.17, 15) is 4.79 Å². The van der Waals surface area contributed by atoms with Crippen LogP contribution in [0.2, 0.25) is 0 Å². The van der Waals surface area contributed by atoms with Crippen molar-refractivity contribution in [3.05, 3.63) is 0 Å². The number of carbonyl (C=O) groups excluding carboxylic acids is 1. The third-order valence-electron chi connectivity index (χ3n) is 4.29. The lowest BCUT2D eigenvalue weighted by molar-refractivity contribution is -0.148. The van der Waals surface area contributed by atoms with Crippen molar-refractivity contribution in [2.75, 3.05) is 6.61 Å². The Bertz CT molecular complexity index is 353. The van der Waals surface area contributed by atoms with Crippen LogP contribution in [-0.4, -0.2) is 24.4 Å². The van der Waals surface area contributed by atoms with Gasteiger partial charge in [-0.25, -0.2) is 0 Å². The van der Waals surface area contributed by atoms with Gasteiger partial charge in [0.25, 0.3) is 0 Å². The van der Waals surface area contributed by atoms with Gasteiger partial charge in [-0.05, 0) is 25.7 Å². The number of ether oxygens (including phenoxy) is 1. The molecule has 2 aliphatic rings. The highest BCUT2D eigenvalue weighted by Gasteiger charge is 2.46. The number of nitrogens with zero attached hydrogens (tertiary/aromatic N) is 1. The van der Waals surface area contributed by atoms with Crippen LogP contribution in [0.15, 0.2) is 5.16 Å². The number of hydrogen-bond acceptors (Lipinski definition) is 4. The first-order chi connectivity index (χ1) is 9.17. The maximum Gasteiger partial charge on any atom is 0.309 e. The molecule has 0 radical (unpaired) electrons. The zero-order valence-electron chi connectivity index (χ0n) is 12.2. The highest BCUT2D eigenvalue weighted by Crippen LogP contribution is 2.41. The second-order valence-corrected chi connectivity index (χ2v) is 5.73. The Morgan fingerprint density at radius 3 is 2.95 bits per heavy atom. The first-order valence-corrected chi connectivity index (χ1v) is 7.57. The van der Waals surface area contributed by atoms with E-state index < -0.39 is 0 Å². The normalized spacial score (nSPS) is 30.5. The minimum absolute atomic E-state index is 0.00109. The number of hydrogen-bond donors (Lipinski definition) is 0.